The maximum atomic E-state index is 9.10. The third-order valence-corrected chi connectivity index (χ3v) is 2.74. The van der Waals surface area contributed by atoms with Gasteiger partial charge in [0.2, 0.25) is 11.9 Å². The number of aliphatic hydroxyl groups is 1. The third kappa shape index (κ3) is 2.53. The summed E-state index contributed by atoms with van der Waals surface area (Å²) in [6.45, 7) is 1.72. The fourth-order valence-corrected chi connectivity index (χ4v) is 1.81. The zero-order valence-corrected chi connectivity index (χ0v) is 9.63. The molecule has 0 radical (unpaired) electrons. The molecule has 0 aromatic carbocycles. The Morgan fingerprint density at radius 2 is 2.35 bits per heavy atom. The van der Waals surface area contributed by atoms with Crippen LogP contribution in [0.1, 0.15) is 6.42 Å². The average Bonchev–Trinajstić information content (AvgIpc) is 2.86. The quantitative estimate of drug-likeness (QED) is 0.453. The molecule has 1 aromatic heterocycles. The minimum absolute atomic E-state index is 0.181. The Labute approximate surface area is 98.8 Å². The molecule has 0 bridgehead atoms. The number of hydrogen-bond acceptors (Lipinski definition) is 8. The minimum Gasteiger partial charge on any atom is -0.467 e. The first kappa shape index (κ1) is 11.8. The van der Waals surface area contributed by atoms with Gasteiger partial charge in [-0.05, 0) is 6.42 Å². The van der Waals surface area contributed by atoms with Crippen LogP contribution in [-0.2, 0) is 0 Å². The molecule has 94 valence electrons. The van der Waals surface area contributed by atoms with Gasteiger partial charge in [-0.25, -0.2) is 5.84 Å². The summed E-state index contributed by atoms with van der Waals surface area (Å²) >= 11 is 0. The second-order valence-corrected chi connectivity index (χ2v) is 3.87. The van der Waals surface area contributed by atoms with E-state index < -0.39 is 0 Å². The van der Waals surface area contributed by atoms with Crippen LogP contribution in [0.15, 0.2) is 0 Å². The Hall–Kier alpha value is -1.67. The van der Waals surface area contributed by atoms with Gasteiger partial charge < -0.3 is 14.7 Å². The van der Waals surface area contributed by atoms with Crippen LogP contribution in [0.25, 0.3) is 0 Å². The number of ether oxygens (including phenoxy) is 1. The average molecular weight is 240 g/mol. The molecule has 1 aliphatic rings. The van der Waals surface area contributed by atoms with E-state index in [-0.39, 0.29) is 24.5 Å². The molecule has 0 saturated carbocycles. The smallest absolute Gasteiger partial charge is 0.322 e. The van der Waals surface area contributed by atoms with Gasteiger partial charge in [0.15, 0.2) is 0 Å². The van der Waals surface area contributed by atoms with Crippen molar-refractivity contribution in [2.45, 2.75) is 6.42 Å². The molecule has 1 saturated heterocycles. The Balaban J connectivity index is 2.20. The van der Waals surface area contributed by atoms with Gasteiger partial charge in [0.25, 0.3) is 0 Å². The standard InChI is InChI=1S/C9H16N6O2/c1-17-9-12-7(14-10)11-8(13-9)15-3-2-6(4-15)5-16/h6,16H,2-5,10H2,1H3,(H,11,12,13,14). The highest BCUT2D eigenvalue weighted by atomic mass is 16.5. The number of nitrogens with one attached hydrogen (secondary N) is 1. The van der Waals surface area contributed by atoms with E-state index in [2.05, 4.69) is 20.4 Å². The van der Waals surface area contributed by atoms with Crippen molar-refractivity contribution in [2.75, 3.05) is 37.1 Å². The van der Waals surface area contributed by atoms with Crippen molar-refractivity contribution in [3.05, 3.63) is 0 Å². The lowest BCUT2D eigenvalue weighted by Gasteiger charge is -2.16. The van der Waals surface area contributed by atoms with Crippen molar-refractivity contribution >= 4 is 11.9 Å². The highest BCUT2D eigenvalue weighted by Crippen LogP contribution is 2.22. The highest BCUT2D eigenvalue weighted by Gasteiger charge is 2.24. The number of nitrogens with two attached hydrogens (primary N) is 1. The van der Waals surface area contributed by atoms with Crippen LogP contribution < -0.4 is 20.9 Å². The van der Waals surface area contributed by atoms with Crippen LogP contribution in [0.5, 0.6) is 6.01 Å². The number of aromatic nitrogens is 3. The molecule has 17 heavy (non-hydrogen) atoms. The molecule has 1 unspecified atom stereocenters. The maximum Gasteiger partial charge on any atom is 0.322 e. The molecule has 1 aromatic rings. The van der Waals surface area contributed by atoms with Gasteiger partial charge in [0.1, 0.15) is 0 Å². The van der Waals surface area contributed by atoms with Gasteiger partial charge in [-0.15, -0.1) is 0 Å². The maximum absolute atomic E-state index is 9.10. The van der Waals surface area contributed by atoms with Gasteiger partial charge in [-0.2, -0.15) is 15.0 Å². The van der Waals surface area contributed by atoms with Crippen molar-refractivity contribution in [2.24, 2.45) is 11.8 Å². The van der Waals surface area contributed by atoms with Crippen LogP contribution in [0, 0.1) is 5.92 Å². The van der Waals surface area contributed by atoms with Gasteiger partial charge in [0, 0.05) is 25.6 Å². The first-order valence-corrected chi connectivity index (χ1v) is 5.39. The zero-order valence-electron chi connectivity index (χ0n) is 9.63. The van der Waals surface area contributed by atoms with Crippen molar-refractivity contribution in [3.8, 4) is 6.01 Å². The Bertz CT molecular complexity index is 365. The predicted octanol–water partition coefficient (Wildman–Crippen LogP) is -1.02. The SMILES string of the molecule is COc1nc(NN)nc(N2CCC(CO)C2)n1. The molecule has 0 aliphatic carbocycles. The molecular weight excluding hydrogens is 224 g/mol. The highest BCUT2D eigenvalue weighted by molar-refractivity contribution is 5.38. The van der Waals surface area contributed by atoms with E-state index in [9.17, 15) is 0 Å². The lowest BCUT2D eigenvalue weighted by atomic mass is 10.1. The fraction of sp³-hybridized carbons (Fsp3) is 0.667. The van der Waals surface area contributed by atoms with Crippen molar-refractivity contribution in [1.82, 2.24) is 15.0 Å². The first-order chi connectivity index (χ1) is 8.26. The summed E-state index contributed by atoms with van der Waals surface area (Å²) in [6.07, 6.45) is 0.926. The summed E-state index contributed by atoms with van der Waals surface area (Å²) in [7, 11) is 1.49. The number of hydrogen-bond donors (Lipinski definition) is 3. The topological polar surface area (TPSA) is 109 Å². The summed E-state index contributed by atoms with van der Waals surface area (Å²) in [5, 5.41) is 9.10. The number of methoxy groups -OCH3 is 1. The summed E-state index contributed by atoms with van der Waals surface area (Å²) < 4.78 is 4.98. The van der Waals surface area contributed by atoms with Gasteiger partial charge in [-0.1, -0.05) is 0 Å². The van der Waals surface area contributed by atoms with Crippen LogP contribution in [-0.4, -0.2) is 46.9 Å². The second-order valence-electron chi connectivity index (χ2n) is 3.87. The molecule has 8 heteroatoms. The van der Waals surface area contributed by atoms with E-state index in [1.165, 1.54) is 7.11 Å². The van der Waals surface area contributed by atoms with Crippen LogP contribution in [0.3, 0.4) is 0 Å². The molecule has 0 spiro atoms. The summed E-state index contributed by atoms with van der Waals surface area (Å²) in [4.78, 5) is 14.2. The van der Waals surface area contributed by atoms with Crippen molar-refractivity contribution < 1.29 is 9.84 Å². The number of hydrazine groups is 1. The van der Waals surface area contributed by atoms with E-state index in [0.717, 1.165) is 19.5 Å². The van der Waals surface area contributed by atoms with E-state index in [4.69, 9.17) is 15.7 Å². The van der Waals surface area contributed by atoms with E-state index in [1.807, 2.05) is 4.90 Å². The molecule has 2 heterocycles. The number of aliphatic hydroxyl groups excluding tert-OH is 1. The normalized spacial score (nSPS) is 19.5. The van der Waals surface area contributed by atoms with Gasteiger partial charge in [0.05, 0.1) is 7.11 Å². The number of anilines is 2. The predicted molar refractivity (Wildman–Crippen MR) is 61.6 cm³/mol. The van der Waals surface area contributed by atoms with E-state index in [0.29, 0.717) is 5.95 Å². The second kappa shape index (κ2) is 5.11. The molecule has 4 N–H and O–H groups in total. The molecular formula is C9H16N6O2. The lowest BCUT2D eigenvalue weighted by molar-refractivity contribution is 0.238. The first-order valence-electron chi connectivity index (χ1n) is 5.39. The van der Waals surface area contributed by atoms with Gasteiger partial charge in [-0.3, -0.25) is 5.43 Å². The van der Waals surface area contributed by atoms with Gasteiger partial charge >= 0.3 is 6.01 Å². The van der Waals surface area contributed by atoms with Crippen LogP contribution in [0.2, 0.25) is 0 Å². The molecule has 1 atom stereocenters. The Kier molecular flexibility index (Phi) is 3.55. The monoisotopic (exact) mass is 240 g/mol. The largest absolute Gasteiger partial charge is 0.467 e. The zero-order chi connectivity index (χ0) is 12.3. The Morgan fingerprint density at radius 1 is 1.53 bits per heavy atom. The molecule has 1 aliphatic heterocycles. The number of rotatable bonds is 4. The molecule has 0 amide bonds. The minimum atomic E-state index is 0.181. The van der Waals surface area contributed by atoms with Crippen LogP contribution >= 0.6 is 0 Å². The third-order valence-electron chi connectivity index (χ3n) is 2.74. The lowest BCUT2D eigenvalue weighted by Crippen LogP contribution is -2.24. The van der Waals surface area contributed by atoms with E-state index in [1.54, 1.807) is 0 Å². The van der Waals surface area contributed by atoms with Crippen molar-refractivity contribution in [3.63, 3.8) is 0 Å². The fourth-order valence-electron chi connectivity index (χ4n) is 1.81. The number of nitrogens with zero attached hydrogens (tertiary/aromatic N) is 4. The number of nitrogen functional groups attached to an aromatic ring is 1. The summed E-state index contributed by atoms with van der Waals surface area (Å²) in [6, 6.07) is 0.218. The Morgan fingerprint density at radius 3 is 2.94 bits per heavy atom. The summed E-state index contributed by atoms with van der Waals surface area (Å²) in [5.41, 5.74) is 2.37. The van der Waals surface area contributed by atoms with Crippen molar-refractivity contribution in [1.29, 1.82) is 0 Å². The summed E-state index contributed by atoms with van der Waals surface area (Å²) in [5.74, 6) is 6.33. The molecule has 8 nitrogen and oxygen atoms in total. The van der Waals surface area contributed by atoms with Crippen LogP contribution in [0.4, 0.5) is 11.9 Å². The van der Waals surface area contributed by atoms with E-state index >= 15 is 0 Å². The molecule has 2 rings (SSSR count). The molecule has 1 fully saturated rings.